The molecule has 0 fully saturated rings. The number of rotatable bonds is 7. The van der Waals surface area contributed by atoms with Crippen molar-refractivity contribution in [1.82, 2.24) is 4.47 Å². The van der Waals surface area contributed by atoms with E-state index >= 15 is 0 Å². The Balaban J connectivity index is 2.03. The number of carbonyl (C=O) groups excluding carboxylic acids is 2. The highest BCUT2D eigenvalue weighted by atomic mass is 32.2. The highest BCUT2D eigenvalue weighted by Crippen LogP contribution is 2.16. The number of ether oxygens (including phenoxy) is 1. The molecule has 0 aliphatic heterocycles. The number of hydroxylamine groups is 1. The SMILES string of the molecule is CON(C)S(=O)(=O)c1ccc(C(=O)O[C@@H](C)C(=O)Nc2cccc(C#N)c2)cc1. The fourth-order valence-electron chi connectivity index (χ4n) is 2.20. The number of carbonyl (C=O) groups is 2. The number of nitrogens with zero attached hydrogens (tertiary/aromatic N) is 2. The Bertz CT molecular complexity index is 1040. The summed E-state index contributed by atoms with van der Waals surface area (Å²) >= 11 is 0. The average molecular weight is 417 g/mol. The van der Waals surface area contributed by atoms with Gasteiger partial charge in [-0.25, -0.2) is 13.2 Å². The lowest BCUT2D eigenvalue weighted by atomic mass is 10.2. The second-order valence-electron chi connectivity index (χ2n) is 5.85. The summed E-state index contributed by atoms with van der Waals surface area (Å²) in [4.78, 5) is 29.0. The van der Waals surface area contributed by atoms with E-state index < -0.39 is 28.0 Å². The molecule has 29 heavy (non-hydrogen) atoms. The Labute approximate surface area is 168 Å². The van der Waals surface area contributed by atoms with E-state index in [-0.39, 0.29) is 10.5 Å². The van der Waals surface area contributed by atoms with Gasteiger partial charge in [0.05, 0.1) is 29.2 Å². The van der Waals surface area contributed by atoms with Crippen molar-refractivity contribution in [2.75, 3.05) is 19.5 Å². The summed E-state index contributed by atoms with van der Waals surface area (Å²) in [6, 6.07) is 13.3. The van der Waals surface area contributed by atoms with Crippen molar-refractivity contribution < 1.29 is 27.6 Å². The summed E-state index contributed by atoms with van der Waals surface area (Å²) < 4.78 is 30.1. The van der Waals surface area contributed by atoms with Gasteiger partial charge >= 0.3 is 5.97 Å². The van der Waals surface area contributed by atoms with Crippen LogP contribution in [0.5, 0.6) is 0 Å². The van der Waals surface area contributed by atoms with Gasteiger partial charge in [0.1, 0.15) is 0 Å². The van der Waals surface area contributed by atoms with Gasteiger partial charge in [-0.2, -0.15) is 5.26 Å². The monoisotopic (exact) mass is 417 g/mol. The predicted molar refractivity (Wildman–Crippen MR) is 103 cm³/mol. The van der Waals surface area contributed by atoms with E-state index in [0.29, 0.717) is 15.7 Å². The van der Waals surface area contributed by atoms with Crippen LogP contribution in [0, 0.1) is 11.3 Å². The van der Waals surface area contributed by atoms with Crippen molar-refractivity contribution in [3.63, 3.8) is 0 Å². The molecule has 1 atom stereocenters. The first-order chi connectivity index (χ1) is 13.7. The lowest BCUT2D eigenvalue weighted by Crippen LogP contribution is -2.30. The predicted octanol–water partition coefficient (Wildman–Crippen LogP) is 1.92. The Morgan fingerprint density at radius 2 is 1.83 bits per heavy atom. The van der Waals surface area contributed by atoms with Crippen LogP contribution in [0.25, 0.3) is 0 Å². The first-order valence-corrected chi connectivity index (χ1v) is 9.78. The molecule has 1 amide bonds. The molecule has 2 rings (SSSR count). The van der Waals surface area contributed by atoms with Crippen molar-refractivity contribution in [3.8, 4) is 6.07 Å². The molecule has 0 aromatic heterocycles. The van der Waals surface area contributed by atoms with Crippen molar-refractivity contribution in [1.29, 1.82) is 5.26 Å². The zero-order chi connectivity index (χ0) is 21.6. The normalized spacial score (nSPS) is 12.1. The van der Waals surface area contributed by atoms with Crippen molar-refractivity contribution in [2.45, 2.75) is 17.9 Å². The van der Waals surface area contributed by atoms with Gasteiger partial charge in [0.15, 0.2) is 6.10 Å². The van der Waals surface area contributed by atoms with Crippen LogP contribution in [0.4, 0.5) is 5.69 Å². The Morgan fingerprint density at radius 1 is 1.17 bits per heavy atom. The van der Waals surface area contributed by atoms with Crippen LogP contribution in [-0.2, 0) is 24.4 Å². The quantitative estimate of drug-likeness (QED) is 0.539. The summed E-state index contributed by atoms with van der Waals surface area (Å²) in [5.41, 5.74) is 0.852. The van der Waals surface area contributed by atoms with Gasteiger partial charge in [0.25, 0.3) is 15.9 Å². The minimum atomic E-state index is -3.84. The molecular formula is C19H19N3O6S. The first-order valence-electron chi connectivity index (χ1n) is 8.34. The molecular weight excluding hydrogens is 398 g/mol. The number of anilines is 1. The van der Waals surface area contributed by atoms with Gasteiger partial charge in [-0.15, -0.1) is 0 Å². The molecule has 152 valence electrons. The summed E-state index contributed by atoms with van der Waals surface area (Å²) in [5, 5.41) is 11.4. The molecule has 0 radical (unpaired) electrons. The topological polar surface area (TPSA) is 126 Å². The van der Waals surface area contributed by atoms with Gasteiger partial charge in [-0.05, 0) is 49.4 Å². The molecule has 10 heteroatoms. The molecule has 0 aliphatic carbocycles. The minimum Gasteiger partial charge on any atom is -0.449 e. The molecule has 9 nitrogen and oxygen atoms in total. The molecule has 0 aliphatic rings. The molecule has 0 heterocycles. The highest BCUT2D eigenvalue weighted by molar-refractivity contribution is 7.89. The number of esters is 1. The van der Waals surface area contributed by atoms with Gasteiger partial charge in [-0.1, -0.05) is 10.5 Å². The van der Waals surface area contributed by atoms with E-state index in [1.807, 2.05) is 6.07 Å². The lowest BCUT2D eigenvalue weighted by molar-refractivity contribution is -0.123. The van der Waals surface area contributed by atoms with Gasteiger partial charge in [-0.3, -0.25) is 9.63 Å². The fourth-order valence-corrected chi connectivity index (χ4v) is 3.18. The molecule has 0 bridgehead atoms. The Morgan fingerprint density at radius 3 is 2.41 bits per heavy atom. The smallest absolute Gasteiger partial charge is 0.338 e. The van der Waals surface area contributed by atoms with Gasteiger partial charge in [0.2, 0.25) is 0 Å². The third-order valence-corrected chi connectivity index (χ3v) is 5.59. The van der Waals surface area contributed by atoms with Crippen LogP contribution in [0.15, 0.2) is 53.4 Å². The van der Waals surface area contributed by atoms with Crippen molar-refractivity contribution in [3.05, 3.63) is 59.7 Å². The van der Waals surface area contributed by atoms with Crippen molar-refractivity contribution in [2.24, 2.45) is 0 Å². The third-order valence-electron chi connectivity index (χ3n) is 3.90. The third kappa shape index (κ3) is 5.39. The van der Waals surface area contributed by atoms with Crippen LogP contribution in [0.1, 0.15) is 22.8 Å². The second-order valence-corrected chi connectivity index (χ2v) is 7.79. The highest BCUT2D eigenvalue weighted by Gasteiger charge is 2.23. The van der Waals surface area contributed by atoms with Crippen LogP contribution in [0.2, 0.25) is 0 Å². The molecule has 1 N–H and O–H groups in total. The molecule has 0 spiro atoms. The van der Waals surface area contributed by atoms with E-state index in [9.17, 15) is 18.0 Å². The Kier molecular flexibility index (Phi) is 7.06. The van der Waals surface area contributed by atoms with Crippen LogP contribution < -0.4 is 5.32 Å². The maximum Gasteiger partial charge on any atom is 0.338 e. The van der Waals surface area contributed by atoms with Gasteiger partial charge in [0, 0.05) is 12.7 Å². The molecule has 0 saturated heterocycles. The molecule has 0 saturated carbocycles. The number of nitrogens with one attached hydrogen (secondary N) is 1. The standard InChI is InChI=1S/C19H19N3O6S/c1-13(18(23)21-16-6-4-5-14(11-16)12-20)28-19(24)15-7-9-17(10-8-15)29(25,26)22(2)27-3/h4-11,13H,1-3H3,(H,21,23)/t13-/m0/s1. The molecule has 2 aromatic carbocycles. The second kappa shape index (κ2) is 9.29. The summed E-state index contributed by atoms with van der Waals surface area (Å²) in [7, 11) is -1.38. The Hall–Kier alpha value is -3.26. The summed E-state index contributed by atoms with van der Waals surface area (Å²) in [6.45, 7) is 1.40. The van der Waals surface area contributed by atoms with Gasteiger partial charge < -0.3 is 10.1 Å². The average Bonchev–Trinajstić information content (AvgIpc) is 2.73. The fraction of sp³-hybridized carbons (Fsp3) is 0.211. The zero-order valence-electron chi connectivity index (χ0n) is 15.9. The summed E-state index contributed by atoms with van der Waals surface area (Å²) in [5.74, 6) is -1.36. The maximum absolute atomic E-state index is 12.2. The molecule has 2 aromatic rings. The van der Waals surface area contributed by atoms with E-state index in [1.165, 1.54) is 51.4 Å². The van der Waals surface area contributed by atoms with E-state index in [0.717, 1.165) is 0 Å². The van der Waals surface area contributed by atoms with Crippen LogP contribution in [0.3, 0.4) is 0 Å². The number of amides is 1. The van der Waals surface area contributed by atoms with E-state index in [4.69, 9.17) is 10.00 Å². The van der Waals surface area contributed by atoms with Crippen LogP contribution in [-0.4, -0.2) is 45.0 Å². The maximum atomic E-state index is 12.2. The number of hydrogen-bond acceptors (Lipinski definition) is 7. The largest absolute Gasteiger partial charge is 0.449 e. The van der Waals surface area contributed by atoms with E-state index in [2.05, 4.69) is 10.2 Å². The van der Waals surface area contributed by atoms with E-state index in [1.54, 1.807) is 18.2 Å². The lowest BCUT2D eigenvalue weighted by Gasteiger charge is -2.15. The van der Waals surface area contributed by atoms with Crippen molar-refractivity contribution >= 4 is 27.6 Å². The number of nitriles is 1. The minimum absolute atomic E-state index is 0.0680. The number of hydrogen-bond donors (Lipinski definition) is 1. The van der Waals surface area contributed by atoms with Crippen LogP contribution >= 0.6 is 0 Å². The number of benzene rings is 2. The number of sulfonamides is 1. The summed E-state index contributed by atoms with van der Waals surface area (Å²) in [6.07, 6.45) is -1.11. The molecule has 0 unspecified atom stereocenters. The zero-order valence-corrected chi connectivity index (χ0v) is 16.8. The first kappa shape index (κ1) is 22.0.